The minimum atomic E-state index is -0.531. The third kappa shape index (κ3) is 3.93. The lowest BCUT2D eigenvalue weighted by Crippen LogP contribution is -2.11. The van der Waals surface area contributed by atoms with Crippen molar-refractivity contribution in [2.75, 3.05) is 0 Å². The molecule has 3 N–H and O–H groups in total. The summed E-state index contributed by atoms with van der Waals surface area (Å²) in [7, 11) is 0. The van der Waals surface area contributed by atoms with Crippen LogP contribution in [0.5, 0.6) is 5.75 Å². The van der Waals surface area contributed by atoms with Gasteiger partial charge >= 0.3 is 0 Å². The maximum atomic E-state index is 13.6. The molecule has 0 radical (unpaired) electrons. The molecule has 1 aromatic heterocycles. The largest absolute Gasteiger partial charge is 0.486 e. The second kappa shape index (κ2) is 6.70. The smallest absolute Gasteiger partial charge is 0.165 e. The van der Waals surface area contributed by atoms with Gasteiger partial charge in [-0.2, -0.15) is 0 Å². The number of nitrogens with one attached hydrogen (secondary N) is 1. The Morgan fingerprint density at radius 3 is 2.53 bits per heavy atom. The Hall–Kier alpha value is -2.14. The van der Waals surface area contributed by atoms with Crippen molar-refractivity contribution in [3.05, 3.63) is 59.7 Å². The van der Waals surface area contributed by atoms with Crippen LogP contribution in [-0.4, -0.2) is 10.8 Å². The van der Waals surface area contributed by atoms with Crippen molar-refractivity contribution in [1.29, 1.82) is 5.41 Å². The number of benzene rings is 1. The standard InChI is InChI=1S/C13H12FN3O.ClH/c14-11-7-10(13(15)16)1-2-12(11)18-8-9-3-5-17-6-4-9;/h1-7H,8H2,(H3,15,16);1H. The van der Waals surface area contributed by atoms with Crippen molar-refractivity contribution in [1.82, 2.24) is 4.98 Å². The van der Waals surface area contributed by atoms with Gasteiger partial charge in [0.05, 0.1) is 0 Å². The lowest BCUT2D eigenvalue weighted by Gasteiger charge is -2.08. The van der Waals surface area contributed by atoms with Crippen LogP contribution in [0.25, 0.3) is 0 Å². The van der Waals surface area contributed by atoms with E-state index in [9.17, 15) is 4.39 Å². The van der Waals surface area contributed by atoms with Crippen molar-refractivity contribution in [3.8, 4) is 5.75 Å². The molecule has 4 nitrogen and oxygen atoms in total. The third-order valence-electron chi connectivity index (χ3n) is 2.39. The van der Waals surface area contributed by atoms with Gasteiger partial charge in [0.25, 0.3) is 0 Å². The van der Waals surface area contributed by atoms with E-state index in [0.717, 1.165) is 5.56 Å². The molecule has 100 valence electrons. The van der Waals surface area contributed by atoms with Crippen LogP contribution in [0.1, 0.15) is 11.1 Å². The quantitative estimate of drug-likeness (QED) is 0.668. The van der Waals surface area contributed by atoms with Gasteiger partial charge in [-0.1, -0.05) is 0 Å². The maximum absolute atomic E-state index is 13.6. The molecule has 0 aliphatic heterocycles. The van der Waals surface area contributed by atoms with Crippen molar-refractivity contribution in [2.45, 2.75) is 6.61 Å². The van der Waals surface area contributed by atoms with Crippen LogP contribution in [0.2, 0.25) is 0 Å². The fourth-order valence-electron chi connectivity index (χ4n) is 1.43. The SMILES string of the molecule is Cl.N=C(N)c1ccc(OCc2ccncc2)c(F)c1. The van der Waals surface area contributed by atoms with Gasteiger partial charge < -0.3 is 10.5 Å². The number of nitrogens with two attached hydrogens (primary N) is 1. The molecule has 2 rings (SSSR count). The van der Waals surface area contributed by atoms with Crippen molar-refractivity contribution in [3.63, 3.8) is 0 Å². The molecular formula is C13H13ClFN3O. The Bertz CT molecular complexity index is 563. The molecule has 0 bridgehead atoms. The van der Waals surface area contributed by atoms with Crippen LogP contribution in [0.15, 0.2) is 42.7 Å². The van der Waals surface area contributed by atoms with Gasteiger partial charge in [-0.15, -0.1) is 12.4 Å². The topological polar surface area (TPSA) is 72.0 Å². The minimum Gasteiger partial charge on any atom is -0.486 e. The highest BCUT2D eigenvalue weighted by molar-refractivity contribution is 5.95. The number of ether oxygens (including phenoxy) is 1. The second-order valence-electron chi connectivity index (χ2n) is 3.70. The van der Waals surface area contributed by atoms with Crippen LogP contribution in [0.3, 0.4) is 0 Å². The average molecular weight is 282 g/mol. The number of halogens is 2. The minimum absolute atomic E-state index is 0. The van der Waals surface area contributed by atoms with Crippen molar-refractivity contribution in [2.24, 2.45) is 5.73 Å². The monoisotopic (exact) mass is 281 g/mol. The van der Waals surface area contributed by atoms with Gasteiger partial charge in [-0.25, -0.2) is 4.39 Å². The molecule has 19 heavy (non-hydrogen) atoms. The van der Waals surface area contributed by atoms with Crippen LogP contribution >= 0.6 is 12.4 Å². The number of pyridine rings is 1. The predicted octanol–water partition coefficient (Wildman–Crippen LogP) is 2.51. The summed E-state index contributed by atoms with van der Waals surface area (Å²) < 4.78 is 19.0. The fraction of sp³-hybridized carbons (Fsp3) is 0.0769. The first kappa shape index (κ1) is 14.9. The first-order chi connectivity index (χ1) is 8.66. The molecule has 0 fully saturated rings. The molecule has 0 atom stereocenters. The lowest BCUT2D eigenvalue weighted by molar-refractivity contribution is 0.290. The number of nitrogen functional groups attached to an aromatic ring is 1. The lowest BCUT2D eigenvalue weighted by atomic mass is 10.2. The number of aromatic nitrogens is 1. The highest BCUT2D eigenvalue weighted by atomic mass is 35.5. The first-order valence-corrected chi connectivity index (χ1v) is 5.32. The van der Waals surface area contributed by atoms with Crippen LogP contribution in [-0.2, 0) is 6.61 Å². The Morgan fingerprint density at radius 2 is 1.95 bits per heavy atom. The summed E-state index contributed by atoms with van der Waals surface area (Å²) in [6.07, 6.45) is 3.29. The zero-order valence-corrected chi connectivity index (χ0v) is 10.8. The predicted molar refractivity (Wildman–Crippen MR) is 73.2 cm³/mol. The van der Waals surface area contributed by atoms with E-state index in [1.807, 2.05) is 0 Å². The van der Waals surface area contributed by atoms with E-state index in [4.69, 9.17) is 15.9 Å². The molecule has 0 spiro atoms. The van der Waals surface area contributed by atoms with E-state index >= 15 is 0 Å². The fourth-order valence-corrected chi connectivity index (χ4v) is 1.43. The summed E-state index contributed by atoms with van der Waals surface area (Å²) in [4.78, 5) is 3.88. The average Bonchev–Trinajstić information content (AvgIpc) is 2.38. The van der Waals surface area contributed by atoms with E-state index < -0.39 is 5.82 Å². The molecule has 0 aliphatic carbocycles. The molecule has 1 aromatic carbocycles. The Balaban J connectivity index is 0.00000180. The summed E-state index contributed by atoms with van der Waals surface area (Å²) >= 11 is 0. The number of hydrogen-bond donors (Lipinski definition) is 2. The highest BCUT2D eigenvalue weighted by Gasteiger charge is 2.06. The summed E-state index contributed by atoms with van der Waals surface area (Å²) in [6, 6.07) is 7.79. The maximum Gasteiger partial charge on any atom is 0.165 e. The van der Waals surface area contributed by atoms with Gasteiger partial charge in [0.2, 0.25) is 0 Å². The van der Waals surface area contributed by atoms with Gasteiger partial charge in [-0.05, 0) is 35.9 Å². The molecule has 1 heterocycles. The van der Waals surface area contributed by atoms with Crippen LogP contribution in [0, 0.1) is 11.2 Å². The van der Waals surface area contributed by atoms with E-state index in [1.165, 1.54) is 12.1 Å². The zero-order chi connectivity index (χ0) is 13.0. The van der Waals surface area contributed by atoms with E-state index in [1.54, 1.807) is 30.6 Å². The normalized spacial score (nSPS) is 9.53. The van der Waals surface area contributed by atoms with Gasteiger partial charge in [0.15, 0.2) is 11.6 Å². The van der Waals surface area contributed by atoms with E-state index in [-0.39, 0.29) is 30.6 Å². The Kier molecular flexibility index (Phi) is 5.26. The van der Waals surface area contributed by atoms with Gasteiger partial charge in [0.1, 0.15) is 12.4 Å². The van der Waals surface area contributed by atoms with Crippen LogP contribution in [0.4, 0.5) is 4.39 Å². The molecule has 6 heteroatoms. The molecule has 0 unspecified atom stereocenters. The van der Waals surface area contributed by atoms with Crippen molar-refractivity contribution < 1.29 is 9.13 Å². The second-order valence-corrected chi connectivity index (χ2v) is 3.70. The zero-order valence-electron chi connectivity index (χ0n) is 9.97. The summed E-state index contributed by atoms with van der Waals surface area (Å²) in [5, 5.41) is 7.20. The third-order valence-corrected chi connectivity index (χ3v) is 2.39. The summed E-state index contributed by atoms with van der Waals surface area (Å²) in [5.41, 5.74) is 6.51. The number of amidine groups is 1. The van der Waals surface area contributed by atoms with E-state index in [0.29, 0.717) is 5.56 Å². The number of rotatable bonds is 4. The highest BCUT2D eigenvalue weighted by Crippen LogP contribution is 2.19. The van der Waals surface area contributed by atoms with Crippen LogP contribution < -0.4 is 10.5 Å². The Labute approximate surface area is 116 Å². The Morgan fingerprint density at radius 1 is 1.26 bits per heavy atom. The molecule has 0 amide bonds. The number of nitrogens with zero attached hydrogens (tertiary/aromatic N) is 1. The van der Waals surface area contributed by atoms with E-state index in [2.05, 4.69) is 4.98 Å². The molecule has 0 saturated heterocycles. The van der Waals surface area contributed by atoms with Gasteiger partial charge in [-0.3, -0.25) is 10.4 Å². The summed E-state index contributed by atoms with van der Waals surface area (Å²) in [5.74, 6) is -0.567. The molecule has 0 saturated carbocycles. The first-order valence-electron chi connectivity index (χ1n) is 5.32. The van der Waals surface area contributed by atoms with Crippen molar-refractivity contribution >= 4 is 18.2 Å². The summed E-state index contributed by atoms with van der Waals surface area (Å²) in [6.45, 7) is 0.263. The van der Waals surface area contributed by atoms with Gasteiger partial charge in [0, 0.05) is 18.0 Å². The number of hydrogen-bond acceptors (Lipinski definition) is 3. The molecular weight excluding hydrogens is 269 g/mol. The molecule has 0 aliphatic rings. The molecule has 2 aromatic rings.